The molecule has 0 N–H and O–H groups in total. The van der Waals surface area contributed by atoms with Gasteiger partial charge >= 0.3 is 0 Å². The normalized spacial score (nSPS) is 15.0. The largest absolute Gasteiger partial charge is 0.236 e. The van der Waals surface area contributed by atoms with Crippen molar-refractivity contribution in [1.29, 1.82) is 0 Å². The van der Waals surface area contributed by atoms with Crippen LogP contribution < -0.4 is 0 Å². The number of aryl methyl sites for hydroxylation is 1. The Hall–Kier alpha value is -1.70. The van der Waals surface area contributed by atoms with Crippen molar-refractivity contribution in [3.05, 3.63) is 47.8 Å². The van der Waals surface area contributed by atoms with Crippen LogP contribution in [0.25, 0.3) is 11.4 Å². The summed E-state index contributed by atoms with van der Waals surface area (Å²) in [6, 6.07) is 9.00. The predicted molar refractivity (Wildman–Crippen MR) is 120 cm³/mol. The van der Waals surface area contributed by atoms with Gasteiger partial charge in [0.25, 0.3) is 0 Å². The fourth-order valence-electron chi connectivity index (χ4n) is 4.44. The fourth-order valence-corrected chi connectivity index (χ4v) is 4.44. The van der Waals surface area contributed by atoms with Crippen molar-refractivity contribution in [1.82, 2.24) is 9.97 Å². The molecule has 1 aliphatic carbocycles. The van der Waals surface area contributed by atoms with Gasteiger partial charge in [0.1, 0.15) is 0 Å². The Morgan fingerprint density at radius 1 is 0.750 bits per heavy atom. The SMILES string of the molecule is CCCCCCCCCCc1cnc(-c2ccc(C3CCCCC3)cc2)nc1. The van der Waals surface area contributed by atoms with Crippen molar-refractivity contribution in [2.24, 2.45) is 0 Å². The third kappa shape index (κ3) is 6.72. The molecule has 2 aromatic rings. The molecule has 0 saturated heterocycles. The Morgan fingerprint density at radius 2 is 1.36 bits per heavy atom. The summed E-state index contributed by atoms with van der Waals surface area (Å²) in [6.45, 7) is 2.28. The second-order valence-corrected chi connectivity index (χ2v) is 8.60. The molecule has 2 heteroatoms. The molecule has 1 aliphatic rings. The lowest BCUT2D eigenvalue weighted by molar-refractivity contribution is 0.443. The summed E-state index contributed by atoms with van der Waals surface area (Å²) < 4.78 is 0. The molecule has 0 atom stereocenters. The lowest BCUT2D eigenvalue weighted by Crippen LogP contribution is -2.04. The lowest BCUT2D eigenvalue weighted by Gasteiger charge is -2.22. The maximum atomic E-state index is 4.63. The maximum absolute atomic E-state index is 4.63. The highest BCUT2D eigenvalue weighted by molar-refractivity contribution is 5.55. The van der Waals surface area contributed by atoms with E-state index in [1.807, 2.05) is 12.4 Å². The van der Waals surface area contributed by atoms with E-state index in [1.54, 1.807) is 0 Å². The third-order valence-corrected chi connectivity index (χ3v) is 6.27. The van der Waals surface area contributed by atoms with Crippen LogP contribution in [-0.4, -0.2) is 9.97 Å². The van der Waals surface area contributed by atoms with Gasteiger partial charge in [-0.25, -0.2) is 9.97 Å². The molecule has 1 aromatic heterocycles. The predicted octanol–water partition coefficient (Wildman–Crippen LogP) is 7.87. The van der Waals surface area contributed by atoms with Crippen LogP contribution in [0.5, 0.6) is 0 Å². The molecule has 28 heavy (non-hydrogen) atoms. The Kier molecular flexibility index (Phi) is 9.00. The maximum Gasteiger partial charge on any atom is 0.159 e. The van der Waals surface area contributed by atoms with E-state index in [1.165, 1.54) is 94.6 Å². The van der Waals surface area contributed by atoms with Crippen LogP contribution >= 0.6 is 0 Å². The number of hydrogen-bond donors (Lipinski definition) is 0. The van der Waals surface area contributed by atoms with Crippen LogP contribution in [0.3, 0.4) is 0 Å². The molecule has 0 aliphatic heterocycles. The lowest BCUT2D eigenvalue weighted by atomic mass is 9.84. The molecular formula is C26H38N2. The molecule has 0 amide bonds. The summed E-state index contributed by atoms with van der Waals surface area (Å²) in [5.41, 5.74) is 3.90. The highest BCUT2D eigenvalue weighted by Gasteiger charge is 2.15. The van der Waals surface area contributed by atoms with Crippen LogP contribution in [-0.2, 0) is 6.42 Å². The van der Waals surface area contributed by atoms with Crippen molar-refractivity contribution in [2.75, 3.05) is 0 Å². The zero-order chi connectivity index (χ0) is 19.4. The van der Waals surface area contributed by atoms with Crippen LogP contribution in [0.4, 0.5) is 0 Å². The molecule has 3 rings (SSSR count). The topological polar surface area (TPSA) is 25.8 Å². The van der Waals surface area contributed by atoms with Gasteiger partial charge in [-0.1, -0.05) is 95.4 Å². The number of aromatic nitrogens is 2. The number of hydrogen-bond acceptors (Lipinski definition) is 2. The molecular weight excluding hydrogens is 340 g/mol. The second-order valence-electron chi connectivity index (χ2n) is 8.60. The number of unbranched alkanes of at least 4 members (excludes halogenated alkanes) is 7. The first-order chi connectivity index (χ1) is 13.9. The first kappa shape index (κ1) is 21.0. The van der Waals surface area contributed by atoms with Crippen molar-refractivity contribution in [2.45, 2.75) is 103 Å². The smallest absolute Gasteiger partial charge is 0.159 e. The molecule has 0 unspecified atom stereocenters. The Labute approximate surface area is 172 Å². The van der Waals surface area contributed by atoms with Gasteiger partial charge in [0.2, 0.25) is 0 Å². The van der Waals surface area contributed by atoms with Gasteiger partial charge in [-0.3, -0.25) is 0 Å². The molecule has 1 fully saturated rings. The van der Waals surface area contributed by atoms with Crippen LogP contribution in [0.15, 0.2) is 36.7 Å². The zero-order valence-corrected chi connectivity index (χ0v) is 17.8. The summed E-state index contributed by atoms with van der Waals surface area (Å²) in [5, 5.41) is 0. The van der Waals surface area contributed by atoms with Gasteiger partial charge in [0.05, 0.1) is 0 Å². The zero-order valence-electron chi connectivity index (χ0n) is 17.8. The van der Waals surface area contributed by atoms with E-state index >= 15 is 0 Å². The molecule has 152 valence electrons. The first-order valence-corrected chi connectivity index (χ1v) is 11.8. The van der Waals surface area contributed by atoms with Crippen molar-refractivity contribution in [3.8, 4) is 11.4 Å². The minimum Gasteiger partial charge on any atom is -0.236 e. The number of nitrogens with zero attached hydrogens (tertiary/aromatic N) is 2. The molecule has 1 saturated carbocycles. The van der Waals surface area contributed by atoms with Crippen LogP contribution in [0.1, 0.15) is 107 Å². The third-order valence-electron chi connectivity index (χ3n) is 6.27. The highest BCUT2D eigenvalue weighted by atomic mass is 14.9. The minimum atomic E-state index is 0.762. The molecule has 0 bridgehead atoms. The summed E-state index contributed by atoms with van der Waals surface area (Å²) >= 11 is 0. The second kappa shape index (κ2) is 12.0. The molecule has 2 nitrogen and oxygen atoms in total. The Balaban J connectivity index is 1.41. The first-order valence-electron chi connectivity index (χ1n) is 11.8. The average molecular weight is 379 g/mol. The summed E-state index contributed by atoms with van der Waals surface area (Å²) in [7, 11) is 0. The average Bonchev–Trinajstić information content (AvgIpc) is 2.77. The van der Waals surface area contributed by atoms with Gasteiger partial charge in [-0.2, -0.15) is 0 Å². The van der Waals surface area contributed by atoms with Gasteiger partial charge in [-0.05, 0) is 42.7 Å². The van der Waals surface area contributed by atoms with Crippen molar-refractivity contribution >= 4 is 0 Å². The molecule has 1 aromatic carbocycles. The van der Waals surface area contributed by atoms with Gasteiger partial charge in [0.15, 0.2) is 5.82 Å². The summed E-state index contributed by atoms with van der Waals surface area (Å²) in [4.78, 5) is 9.26. The van der Waals surface area contributed by atoms with Crippen molar-refractivity contribution < 1.29 is 0 Å². The van der Waals surface area contributed by atoms with Gasteiger partial charge in [0, 0.05) is 18.0 Å². The fraction of sp³-hybridized carbons (Fsp3) is 0.615. The van der Waals surface area contributed by atoms with E-state index in [0.717, 1.165) is 23.7 Å². The minimum absolute atomic E-state index is 0.762. The number of rotatable bonds is 11. The summed E-state index contributed by atoms with van der Waals surface area (Å²) in [5.74, 6) is 1.62. The van der Waals surface area contributed by atoms with Crippen molar-refractivity contribution in [3.63, 3.8) is 0 Å². The summed E-state index contributed by atoms with van der Waals surface area (Å²) in [6.07, 6.45) is 22.9. The highest BCUT2D eigenvalue weighted by Crippen LogP contribution is 2.33. The van der Waals surface area contributed by atoms with E-state index in [0.29, 0.717) is 0 Å². The Bertz CT molecular complexity index is 654. The van der Waals surface area contributed by atoms with Gasteiger partial charge < -0.3 is 0 Å². The van der Waals surface area contributed by atoms with Gasteiger partial charge in [-0.15, -0.1) is 0 Å². The van der Waals surface area contributed by atoms with E-state index in [-0.39, 0.29) is 0 Å². The Morgan fingerprint density at radius 3 is 2.00 bits per heavy atom. The van der Waals surface area contributed by atoms with E-state index in [2.05, 4.69) is 41.2 Å². The monoisotopic (exact) mass is 378 g/mol. The quantitative estimate of drug-likeness (QED) is 0.372. The standard InChI is InChI=1S/C26H38N2/c1-2-3-4-5-6-7-8-10-13-22-20-27-26(28-21-22)25-18-16-24(17-19-25)23-14-11-9-12-15-23/h16-21,23H,2-15H2,1H3. The molecule has 1 heterocycles. The number of benzene rings is 1. The van der Waals surface area contributed by atoms with E-state index in [9.17, 15) is 0 Å². The van der Waals surface area contributed by atoms with E-state index in [4.69, 9.17) is 0 Å². The molecule has 0 spiro atoms. The van der Waals surface area contributed by atoms with Crippen LogP contribution in [0.2, 0.25) is 0 Å². The van der Waals surface area contributed by atoms with Crippen LogP contribution in [0, 0.1) is 0 Å². The van der Waals surface area contributed by atoms with E-state index < -0.39 is 0 Å². The molecule has 0 radical (unpaired) electrons.